The fraction of sp³-hybridized carbons (Fsp3) is 0.409. The van der Waals surface area contributed by atoms with Gasteiger partial charge in [0, 0.05) is 32.1 Å². The Bertz CT molecular complexity index is 779. The molecule has 1 heterocycles. The molecule has 152 valence electrons. The number of piperidine rings is 1. The molecule has 1 aliphatic rings. The Morgan fingerprint density at radius 3 is 2.25 bits per heavy atom. The predicted molar refractivity (Wildman–Crippen MR) is 111 cm³/mol. The van der Waals surface area contributed by atoms with Crippen molar-refractivity contribution in [2.24, 2.45) is 0 Å². The summed E-state index contributed by atoms with van der Waals surface area (Å²) in [4.78, 5) is 16.4. The van der Waals surface area contributed by atoms with Crippen LogP contribution in [0.25, 0.3) is 0 Å². The molecule has 0 bridgehead atoms. The third kappa shape index (κ3) is 5.30. The molecule has 28 heavy (non-hydrogen) atoms. The number of carbonyl (C=O) groups excluding carboxylic acids is 1. The highest BCUT2D eigenvalue weighted by atomic mass is 35.5. The maximum absolute atomic E-state index is 14.3. The molecule has 2 aromatic rings. The molecule has 0 radical (unpaired) electrons. The zero-order valence-corrected chi connectivity index (χ0v) is 16.9. The molecule has 0 saturated carbocycles. The highest BCUT2D eigenvalue weighted by Crippen LogP contribution is 2.27. The molecule has 0 aromatic heterocycles. The van der Waals surface area contributed by atoms with Gasteiger partial charge >= 0.3 is 0 Å². The zero-order chi connectivity index (χ0) is 19.2. The first kappa shape index (κ1) is 22.3. The van der Waals surface area contributed by atoms with Crippen molar-refractivity contribution in [1.29, 1.82) is 0 Å². The highest BCUT2D eigenvalue weighted by Gasteiger charge is 2.29. The number of likely N-dealkylation sites (tertiary alicyclic amines) is 1. The molecule has 2 aromatic carbocycles. The first-order valence-corrected chi connectivity index (χ1v) is 9.62. The minimum atomic E-state index is -0.360. The number of hydrogen-bond acceptors (Lipinski definition) is 2. The largest absolute Gasteiger partial charge is 0.306 e. The summed E-state index contributed by atoms with van der Waals surface area (Å²) in [5.41, 5.74) is 1.10. The van der Waals surface area contributed by atoms with Crippen molar-refractivity contribution in [3.8, 4) is 0 Å². The number of carbonyl (C=O) groups is 1. The van der Waals surface area contributed by atoms with E-state index in [2.05, 4.69) is 4.90 Å². The lowest BCUT2D eigenvalue weighted by Crippen LogP contribution is -2.48. The molecule has 0 spiro atoms. The number of halogens is 3. The maximum atomic E-state index is 14.3. The fourth-order valence-electron chi connectivity index (χ4n) is 3.73. The van der Waals surface area contributed by atoms with Crippen LogP contribution in [0.2, 0.25) is 0 Å². The van der Waals surface area contributed by atoms with Gasteiger partial charge in [-0.25, -0.2) is 8.78 Å². The van der Waals surface area contributed by atoms with Crippen molar-refractivity contribution in [3.05, 3.63) is 65.7 Å². The van der Waals surface area contributed by atoms with Crippen LogP contribution >= 0.6 is 12.4 Å². The number of amides is 1. The third-order valence-electron chi connectivity index (χ3n) is 5.26. The molecule has 0 unspecified atom stereocenters. The number of benzene rings is 2. The van der Waals surface area contributed by atoms with Gasteiger partial charge in [-0.1, -0.05) is 37.3 Å². The second-order valence-corrected chi connectivity index (χ2v) is 6.98. The van der Waals surface area contributed by atoms with Gasteiger partial charge in [-0.05, 0) is 43.0 Å². The standard InChI is InChI=1S/C22H26F2N2O.ClH/c1-2-22(27)26(21-10-6-5-9-20(21)24)18-12-15-25(16-13-18)14-11-17-7-3-4-8-19(17)23;/h3-10,18H,2,11-16H2,1H3;1H. The molecule has 1 amide bonds. The van der Waals surface area contributed by atoms with Crippen LogP contribution in [-0.4, -0.2) is 36.5 Å². The maximum Gasteiger partial charge on any atom is 0.227 e. The Hall–Kier alpha value is -1.98. The first-order valence-electron chi connectivity index (χ1n) is 9.62. The average Bonchev–Trinajstić information content (AvgIpc) is 2.70. The Morgan fingerprint density at radius 1 is 1.04 bits per heavy atom. The fourth-order valence-corrected chi connectivity index (χ4v) is 3.73. The van der Waals surface area contributed by atoms with Crippen LogP contribution in [0.5, 0.6) is 0 Å². The average molecular weight is 409 g/mol. The van der Waals surface area contributed by atoms with E-state index in [1.807, 2.05) is 12.1 Å². The molecule has 0 aliphatic carbocycles. The van der Waals surface area contributed by atoms with Gasteiger partial charge in [-0.2, -0.15) is 0 Å². The zero-order valence-electron chi connectivity index (χ0n) is 16.1. The van der Waals surface area contributed by atoms with Crippen molar-refractivity contribution in [2.45, 2.75) is 38.6 Å². The smallest absolute Gasteiger partial charge is 0.227 e. The van der Waals surface area contributed by atoms with Gasteiger partial charge in [0.05, 0.1) is 5.69 Å². The lowest BCUT2D eigenvalue weighted by molar-refractivity contribution is -0.119. The van der Waals surface area contributed by atoms with Crippen LogP contribution in [0.4, 0.5) is 14.5 Å². The van der Waals surface area contributed by atoms with E-state index in [4.69, 9.17) is 0 Å². The van der Waals surface area contributed by atoms with Crippen molar-refractivity contribution < 1.29 is 13.6 Å². The van der Waals surface area contributed by atoms with E-state index in [-0.39, 0.29) is 36.0 Å². The Balaban J connectivity index is 0.00000280. The topological polar surface area (TPSA) is 23.6 Å². The van der Waals surface area contributed by atoms with Gasteiger partial charge in [0.15, 0.2) is 0 Å². The number of nitrogens with zero attached hydrogens (tertiary/aromatic N) is 2. The summed E-state index contributed by atoms with van der Waals surface area (Å²) in [7, 11) is 0. The molecule has 6 heteroatoms. The summed E-state index contributed by atoms with van der Waals surface area (Å²) in [5.74, 6) is -0.571. The van der Waals surface area contributed by atoms with Gasteiger partial charge in [0.1, 0.15) is 11.6 Å². The first-order chi connectivity index (χ1) is 13.1. The SMILES string of the molecule is CCC(=O)N(c1ccccc1F)C1CCN(CCc2ccccc2F)CC1.Cl. The highest BCUT2D eigenvalue weighted by molar-refractivity contribution is 5.93. The molecule has 1 saturated heterocycles. The second kappa shape index (κ2) is 10.5. The second-order valence-electron chi connectivity index (χ2n) is 6.98. The van der Waals surface area contributed by atoms with Crippen molar-refractivity contribution >= 4 is 24.0 Å². The van der Waals surface area contributed by atoms with E-state index in [1.165, 1.54) is 12.1 Å². The van der Waals surface area contributed by atoms with Gasteiger partial charge in [-0.3, -0.25) is 4.79 Å². The number of rotatable bonds is 6. The number of para-hydroxylation sites is 1. The number of anilines is 1. The lowest BCUT2D eigenvalue weighted by atomic mass is 10.0. The van der Waals surface area contributed by atoms with Gasteiger partial charge in [0.25, 0.3) is 0 Å². The third-order valence-corrected chi connectivity index (χ3v) is 5.26. The summed E-state index contributed by atoms with van der Waals surface area (Å²) in [6, 6.07) is 13.3. The van der Waals surface area contributed by atoms with Crippen molar-refractivity contribution in [1.82, 2.24) is 4.90 Å². The van der Waals surface area contributed by atoms with Crippen LogP contribution in [0, 0.1) is 11.6 Å². The van der Waals surface area contributed by atoms with E-state index >= 15 is 0 Å². The molecular weight excluding hydrogens is 382 g/mol. The molecule has 3 nitrogen and oxygen atoms in total. The molecule has 1 fully saturated rings. The monoisotopic (exact) mass is 408 g/mol. The normalized spacial score (nSPS) is 15.1. The minimum Gasteiger partial charge on any atom is -0.306 e. The minimum absolute atomic E-state index is 0. The summed E-state index contributed by atoms with van der Waals surface area (Å²) in [5, 5.41) is 0. The molecule has 0 N–H and O–H groups in total. The van der Waals surface area contributed by atoms with Gasteiger partial charge in [-0.15, -0.1) is 12.4 Å². The predicted octanol–water partition coefficient (Wildman–Crippen LogP) is 4.84. The Kier molecular flexibility index (Phi) is 8.39. The summed E-state index contributed by atoms with van der Waals surface area (Å²) < 4.78 is 28.0. The van der Waals surface area contributed by atoms with E-state index in [9.17, 15) is 13.6 Å². The Morgan fingerprint density at radius 2 is 1.64 bits per heavy atom. The van der Waals surface area contributed by atoms with E-state index in [1.54, 1.807) is 36.1 Å². The van der Waals surface area contributed by atoms with Crippen LogP contribution in [-0.2, 0) is 11.2 Å². The Labute approximate surface area is 171 Å². The van der Waals surface area contributed by atoms with Crippen LogP contribution in [0.15, 0.2) is 48.5 Å². The van der Waals surface area contributed by atoms with E-state index in [0.717, 1.165) is 38.0 Å². The summed E-state index contributed by atoms with van der Waals surface area (Å²) in [6.07, 6.45) is 2.60. The van der Waals surface area contributed by atoms with Crippen LogP contribution in [0.1, 0.15) is 31.7 Å². The molecule has 1 aliphatic heterocycles. The van der Waals surface area contributed by atoms with Crippen molar-refractivity contribution in [3.63, 3.8) is 0 Å². The van der Waals surface area contributed by atoms with Gasteiger partial charge < -0.3 is 9.80 Å². The van der Waals surface area contributed by atoms with E-state index < -0.39 is 0 Å². The quantitative estimate of drug-likeness (QED) is 0.683. The molecule has 0 atom stereocenters. The van der Waals surface area contributed by atoms with Crippen LogP contribution in [0.3, 0.4) is 0 Å². The van der Waals surface area contributed by atoms with Crippen LogP contribution < -0.4 is 4.90 Å². The number of hydrogen-bond donors (Lipinski definition) is 0. The molecular formula is C22H27ClF2N2O. The molecule has 3 rings (SSSR count). The lowest BCUT2D eigenvalue weighted by Gasteiger charge is -2.38. The summed E-state index contributed by atoms with van der Waals surface area (Å²) >= 11 is 0. The van der Waals surface area contributed by atoms with Crippen molar-refractivity contribution in [2.75, 3.05) is 24.5 Å². The summed E-state index contributed by atoms with van der Waals surface area (Å²) in [6.45, 7) is 4.23. The van der Waals surface area contributed by atoms with Gasteiger partial charge in [0.2, 0.25) is 5.91 Å². The van der Waals surface area contributed by atoms with E-state index in [0.29, 0.717) is 18.5 Å².